The third-order valence-corrected chi connectivity index (χ3v) is 3.18. The minimum Gasteiger partial charge on any atom is -0.491 e. The van der Waals surface area contributed by atoms with Gasteiger partial charge in [-0.15, -0.1) is 0 Å². The first-order chi connectivity index (χ1) is 12.0. The normalized spacial score (nSPS) is 13.6. The lowest BCUT2D eigenvalue weighted by atomic mass is 10.1. The smallest absolute Gasteiger partial charge is 0.460 e. The number of hydrogen-bond acceptors (Lipinski definition) is 3. The number of halogens is 9. The van der Waals surface area contributed by atoms with Crippen molar-refractivity contribution in [2.45, 2.75) is 31.1 Å². The van der Waals surface area contributed by atoms with E-state index in [1.165, 1.54) is 19.1 Å². The second kappa shape index (κ2) is 7.44. The second-order valence-electron chi connectivity index (χ2n) is 5.15. The van der Waals surface area contributed by atoms with Crippen LogP contribution in [0.2, 0.25) is 0 Å². The molecule has 27 heavy (non-hydrogen) atoms. The van der Waals surface area contributed by atoms with Gasteiger partial charge in [0.05, 0.1) is 12.2 Å². The van der Waals surface area contributed by atoms with Gasteiger partial charge < -0.3 is 14.6 Å². The first kappa shape index (κ1) is 22.9. The molecule has 0 aromatic heterocycles. The summed E-state index contributed by atoms with van der Waals surface area (Å²) < 4.78 is 121. The zero-order valence-corrected chi connectivity index (χ0v) is 13.2. The van der Waals surface area contributed by atoms with E-state index in [9.17, 15) is 44.3 Å². The number of carboxylic acids is 1. The fourth-order valence-electron chi connectivity index (χ4n) is 1.66. The molecule has 0 bridgehead atoms. The van der Waals surface area contributed by atoms with E-state index < -0.39 is 43.3 Å². The van der Waals surface area contributed by atoms with Crippen LogP contribution in [0, 0.1) is 6.92 Å². The highest BCUT2D eigenvalue weighted by Gasteiger charge is 2.82. The summed E-state index contributed by atoms with van der Waals surface area (Å²) >= 11 is 0. The monoisotopic (exact) mass is 414 g/mol. The molecule has 0 aliphatic rings. The van der Waals surface area contributed by atoms with Gasteiger partial charge in [0.2, 0.25) is 0 Å². The Hall–Kier alpha value is -2.18. The van der Waals surface area contributed by atoms with Crippen molar-refractivity contribution < 1.29 is 58.9 Å². The quantitative estimate of drug-likeness (QED) is 0.502. The Kier molecular flexibility index (Phi) is 6.30. The van der Waals surface area contributed by atoms with Crippen LogP contribution >= 0.6 is 0 Å². The van der Waals surface area contributed by atoms with Crippen LogP contribution in [0.15, 0.2) is 18.2 Å². The molecule has 0 amide bonds. The Balaban J connectivity index is 2.78. The van der Waals surface area contributed by atoms with Gasteiger partial charge in [0.25, 0.3) is 0 Å². The number of benzene rings is 1. The maximum atomic E-state index is 13.1. The summed E-state index contributed by atoms with van der Waals surface area (Å²) in [6, 6.07) is 3.41. The van der Waals surface area contributed by atoms with Crippen LogP contribution in [0.25, 0.3) is 0 Å². The predicted molar refractivity (Wildman–Crippen MR) is 70.5 cm³/mol. The first-order valence-corrected chi connectivity index (χ1v) is 6.85. The van der Waals surface area contributed by atoms with Crippen LogP contribution in [0.4, 0.5) is 39.5 Å². The molecule has 1 N–H and O–H groups in total. The number of carbonyl (C=O) groups is 1. The van der Waals surface area contributed by atoms with Crippen LogP contribution in [-0.4, -0.2) is 48.4 Å². The average molecular weight is 414 g/mol. The van der Waals surface area contributed by atoms with Gasteiger partial charge in [0, 0.05) is 0 Å². The number of hydrogen-bond donors (Lipinski definition) is 1. The summed E-state index contributed by atoms with van der Waals surface area (Å²) in [4.78, 5) is 10.8. The van der Waals surface area contributed by atoms with Crippen molar-refractivity contribution in [2.24, 2.45) is 0 Å². The molecule has 0 aliphatic heterocycles. The van der Waals surface area contributed by atoms with Crippen molar-refractivity contribution in [3.8, 4) is 5.75 Å². The Morgan fingerprint density at radius 3 is 2.00 bits per heavy atom. The number of aromatic carboxylic acids is 1. The maximum Gasteiger partial charge on any atom is 0.460 e. The van der Waals surface area contributed by atoms with Gasteiger partial charge in [0.15, 0.2) is 0 Å². The summed E-state index contributed by atoms with van der Waals surface area (Å²) in [5.41, 5.74) is 0.0406. The first-order valence-electron chi connectivity index (χ1n) is 6.85. The van der Waals surface area contributed by atoms with E-state index in [1.807, 2.05) is 0 Å². The van der Waals surface area contributed by atoms with Gasteiger partial charge in [-0.25, -0.2) is 4.79 Å². The second-order valence-corrected chi connectivity index (χ2v) is 5.15. The number of alkyl halides is 9. The predicted octanol–water partition coefficient (Wildman–Crippen LogP) is 4.51. The van der Waals surface area contributed by atoms with Gasteiger partial charge in [0.1, 0.15) is 12.4 Å². The number of carboxylic acid groups (broad SMARTS) is 1. The lowest BCUT2D eigenvalue weighted by Gasteiger charge is -2.32. The molecule has 0 saturated carbocycles. The molecular weight excluding hydrogens is 403 g/mol. The minimum absolute atomic E-state index is 0.172. The van der Waals surface area contributed by atoms with E-state index in [-0.39, 0.29) is 11.3 Å². The Labute approximate surface area is 145 Å². The molecule has 0 radical (unpaired) electrons. The Morgan fingerprint density at radius 1 is 0.963 bits per heavy atom. The fourth-order valence-corrected chi connectivity index (χ4v) is 1.66. The van der Waals surface area contributed by atoms with E-state index >= 15 is 0 Å². The molecule has 154 valence electrons. The molecule has 0 fully saturated rings. The lowest BCUT2D eigenvalue weighted by molar-refractivity contribution is -0.444. The van der Waals surface area contributed by atoms with E-state index in [4.69, 9.17) is 9.84 Å². The van der Waals surface area contributed by atoms with E-state index in [1.54, 1.807) is 0 Å². The third-order valence-electron chi connectivity index (χ3n) is 3.18. The van der Waals surface area contributed by atoms with Crippen LogP contribution in [0.1, 0.15) is 15.9 Å². The van der Waals surface area contributed by atoms with Crippen LogP contribution in [0.3, 0.4) is 0 Å². The third kappa shape index (κ3) is 4.57. The molecule has 1 aromatic rings. The molecule has 0 saturated heterocycles. The molecule has 0 spiro atoms. The molecule has 13 heteroatoms. The highest BCUT2D eigenvalue weighted by Crippen LogP contribution is 2.53. The van der Waals surface area contributed by atoms with Crippen molar-refractivity contribution >= 4 is 5.97 Å². The van der Waals surface area contributed by atoms with Gasteiger partial charge in [-0.2, -0.15) is 39.5 Å². The molecule has 0 atom stereocenters. The maximum absolute atomic E-state index is 13.1. The van der Waals surface area contributed by atoms with Crippen molar-refractivity contribution in [1.29, 1.82) is 0 Å². The molecule has 0 heterocycles. The molecule has 4 nitrogen and oxygen atoms in total. The topological polar surface area (TPSA) is 55.8 Å². The standard InChI is InChI=1S/C14H11F9O4/c1-7-2-3-8(10(24)25)6-9(7)26-4-5-27-14(22,23)12(17,18)11(15,16)13(19,20)21/h2-3,6H,4-5H2,1H3,(H,24,25). The fraction of sp³-hybridized carbons (Fsp3) is 0.500. The van der Waals surface area contributed by atoms with Gasteiger partial charge >= 0.3 is 30.1 Å². The summed E-state index contributed by atoms with van der Waals surface area (Å²) in [6.07, 6.45) is -13.1. The highest BCUT2D eigenvalue weighted by atomic mass is 19.4. The van der Waals surface area contributed by atoms with Crippen LogP contribution in [-0.2, 0) is 4.74 Å². The average Bonchev–Trinajstić information content (AvgIpc) is 2.51. The summed E-state index contributed by atoms with van der Waals surface area (Å²) in [7, 11) is 0. The lowest BCUT2D eigenvalue weighted by Crippen LogP contribution is -2.61. The van der Waals surface area contributed by atoms with E-state index in [0.29, 0.717) is 5.56 Å². The molecular formula is C14H11F9O4. The molecule has 0 unspecified atom stereocenters. The minimum atomic E-state index is -7.04. The zero-order valence-electron chi connectivity index (χ0n) is 13.2. The highest BCUT2D eigenvalue weighted by molar-refractivity contribution is 5.88. The van der Waals surface area contributed by atoms with Gasteiger partial charge in [-0.1, -0.05) is 6.07 Å². The molecule has 1 aromatic carbocycles. The largest absolute Gasteiger partial charge is 0.491 e. The SMILES string of the molecule is Cc1ccc(C(=O)O)cc1OCCOC(F)(F)C(F)(F)C(F)(F)C(F)(F)F. The van der Waals surface area contributed by atoms with Crippen LogP contribution in [0.5, 0.6) is 5.75 Å². The summed E-state index contributed by atoms with van der Waals surface area (Å²) in [6.45, 7) is -1.05. The Bertz CT molecular complexity index is 686. The zero-order chi connectivity index (χ0) is 21.3. The molecule has 1 rings (SSSR count). The number of rotatable bonds is 8. The Morgan fingerprint density at radius 2 is 1.52 bits per heavy atom. The number of aryl methyl sites for hydroxylation is 1. The summed E-state index contributed by atoms with van der Waals surface area (Å²) in [5, 5.41) is 8.78. The molecule has 0 aliphatic carbocycles. The van der Waals surface area contributed by atoms with E-state index in [2.05, 4.69) is 4.74 Å². The van der Waals surface area contributed by atoms with Gasteiger partial charge in [-0.3, -0.25) is 0 Å². The number of ether oxygens (including phenoxy) is 2. The van der Waals surface area contributed by atoms with Crippen molar-refractivity contribution in [1.82, 2.24) is 0 Å². The van der Waals surface area contributed by atoms with Crippen molar-refractivity contribution in [2.75, 3.05) is 13.2 Å². The van der Waals surface area contributed by atoms with Crippen molar-refractivity contribution in [3.05, 3.63) is 29.3 Å². The van der Waals surface area contributed by atoms with Gasteiger partial charge in [-0.05, 0) is 24.6 Å². The van der Waals surface area contributed by atoms with Crippen LogP contribution < -0.4 is 4.74 Å². The van der Waals surface area contributed by atoms with E-state index in [0.717, 1.165) is 6.07 Å². The summed E-state index contributed by atoms with van der Waals surface area (Å²) in [5.74, 6) is -15.5. The van der Waals surface area contributed by atoms with Crippen molar-refractivity contribution in [3.63, 3.8) is 0 Å².